The van der Waals surface area contributed by atoms with Gasteiger partial charge in [-0.05, 0) is 30.5 Å². The van der Waals surface area contributed by atoms with Crippen molar-refractivity contribution >= 4 is 11.9 Å². The highest BCUT2D eigenvalue weighted by molar-refractivity contribution is 5.88. The van der Waals surface area contributed by atoms with Crippen LogP contribution in [0.5, 0.6) is 0 Å². The number of carbonyl (C=O) groups is 2. The zero-order valence-corrected chi connectivity index (χ0v) is 10.8. The van der Waals surface area contributed by atoms with Gasteiger partial charge in [-0.25, -0.2) is 13.6 Å². The van der Waals surface area contributed by atoms with Crippen LogP contribution in [0.15, 0.2) is 18.2 Å². The Bertz CT molecular complexity index is 519. The van der Waals surface area contributed by atoms with Crippen molar-refractivity contribution in [3.05, 3.63) is 35.4 Å². The van der Waals surface area contributed by atoms with Gasteiger partial charge in [-0.3, -0.25) is 4.79 Å². The molecule has 1 aromatic rings. The summed E-state index contributed by atoms with van der Waals surface area (Å²) in [6, 6.07) is 2.84. The van der Waals surface area contributed by atoms with E-state index in [1.165, 1.54) is 0 Å². The molecule has 2 rings (SSSR count). The Labute approximate surface area is 114 Å². The maximum absolute atomic E-state index is 13.0. The highest BCUT2D eigenvalue weighted by atomic mass is 19.1. The first-order valence-corrected chi connectivity index (χ1v) is 6.41. The van der Waals surface area contributed by atoms with Gasteiger partial charge in [0.1, 0.15) is 17.2 Å². The molecule has 0 radical (unpaired) electrons. The summed E-state index contributed by atoms with van der Waals surface area (Å²) in [5.41, 5.74) is -1.05. The van der Waals surface area contributed by atoms with Gasteiger partial charge in [-0.2, -0.15) is 0 Å². The zero-order valence-electron chi connectivity index (χ0n) is 10.8. The minimum absolute atomic E-state index is 0.179. The first kappa shape index (κ1) is 14.4. The van der Waals surface area contributed by atoms with Gasteiger partial charge in [0.15, 0.2) is 0 Å². The van der Waals surface area contributed by atoms with Crippen LogP contribution in [-0.2, 0) is 16.0 Å². The molecule has 0 unspecified atom stereocenters. The van der Waals surface area contributed by atoms with Gasteiger partial charge in [0.2, 0.25) is 5.91 Å². The molecule has 0 aromatic heterocycles. The lowest BCUT2D eigenvalue weighted by Crippen LogP contribution is -2.52. The number of hydrogen-bond donors (Lipinski definition) is 2. The summed E-state index contributed by atoms with van der Waals surface area (Å²) in [6.45, 7) is 0. The summed E-state index contributed by atoms with van der Waals surface area (Å²) in [7, 11) is 0. The quantitative estimate of drug-likeness (QED) is 0.888. The molecule has 0 bridgehead atoms. The SMILES string of the molecule is O=C(Cc1cc(F)cc(F)c1)NC1(C(=O)O)CCCC1. The Kier molecular flexibility index (Phi) is 4.01. The van der Waals surface area contributed by atoms with Crippen molar-refractivity contribution < 1.29 is 23.5 Å². The second kappa shape index (κ2) is 5.56. The van der Waals surface area contributed by atoms with Crippen LogP contribution in [0.25, 0.3) is 0 Å². The van der Waals surface area contributed by atoms with Crippen LogP contribution in [0, 0.1) is 11.6 Å². The molecule has 1 fully saturated rings. The van der Waals surface area contributed by atoms with Crippen LogP contribution in [0.4, 0.5) is 8.78 Å². The highest BCUT2D eigenvalue weighted by Crippen LogP contribution is 2.30. The number of carboxylic acid groups (broad SMARTS) is 1. The van der Waals surface area contributed by atoms with E-state index in [9.17, 15) is 23.5 Å². The number of carbonyl (C=O) groups excluding carboxylic acids is 1. The monoisotopic (exact) mass is 283 g/mol. The molecule has 1 saturated carbocycles. The summed E-state index contributed by atoms with van der Waals surface area (Å²) in [4.78, 5) is 23.2. The topological polar surface area (TPSA) is 66.4 Å². The van der Waals surface area contributed by atoms with E-state index in [0.717, 1.165) is 31.0 Å². The Balaban J connectivity index is 2.06. The Morgan fingerprint density at radius 2 is 1.70 bits per heavy atom. The van der Waals surface area contributed by atoms with E-state index >= 15 is 0 Å². The lowest BCUT2D eigenvalue weighted by atomic mass is 9.97. The standard InChI is InChI=1S/C14H15F2NO3/c15-10-5-9(6-11(16)8-10)7-12(18)17-14(13(19)20)3-1-2-4-14/h5-6,8H,1-4,7H2,(H,17,18)(H,19,20). The highest BCUT2D eigenvalue weighted by Gasteiger charge is 2.42. The lowest BCUT2D eigenvalue weighted by molar-refractivity contribution is -0.147. The first-order valence-electron chi connectivity index (χ1n) is 6.41. The second-order valence-electron chi connectivity index (χ2n) is 5.10. The maximum Gasteiger partial charge on any atom is 0.329 e. The molecule has 6 heteroatoms. The molecule has 0 atom stereocenters. The van der Waals surface area contributed by atoms with E-state index in [-0.39, 0.29) is 12.0 Å². The van der Waals surface area contributed by atoms with Crippen molar-refractivity contribution in [2.24, 2.45) is 0 Å². The largest absolute Gasteiger partial charge is 0.480 e. The maximum atomic E-state index is 13.0. The summed E-state index contributed by atoms with van der Waals surface area (Å²) < 4.78 is 26.0. The molecule has 108 valence electrons. The number of nitrogens with one attached hydrogen (secondary N) is 1. The fourth-order valence-electron chi connectivity index (χ4n) is 2.58. The Hall–Kier alpha value is -1.98. The number of carboxylic acids is 1. The number of halogens is 2. The summed E-state index contributed by atoms with van der Waals surface area (Å²) in [6.07, 6.45) is 1.99. The molecule has 20 heavy (non-hydrogen) atoms. The predicted molar refractivity (Wildman–Crippen MR) is 67.0 cm³/mol. The molecule has 4 nitrogen and oxygen atoms in total. The molecular weight excluding hydrogens is 268 g/mol. The number of rotatable bonds is 4. The Morgan fingerprint density at radius 1 is 1.15 bits per heavy atom. The molecule has 1 aliphatic rings. The van der Waals surface area contributed by atoms with Gasteiger partial charge < -0.3 is 10.4 Å². The van der Waals surface area contributed by atoms with Crippen LogP contribution < -0.4 is 5.32 Å². The smallest absolute Gasteiger partial charge is 0.329 e. The van der Waals surface area contributed by atoms with E-state index in [1.807, 2.05) is 0 Å². The van der Waals surface area contributed by atoms with Crippen molar-refractivity contribution in [2.45, 2.75) is 37.6 Å². The number of amides is 1. The third kappa shape index (κ3) is 3.12. The van der Waals surface area contributed by atoms with Crippen LogP contribution in [0.3, 0.4) is 0 Å². The van der Waals surface area contributed by atoms with Gasteiger partial charge in [0, 0.05) is 6.07 Å². The molecular formula is C14H15F2NO3. The molecule has 1 amide bonds. The van der Waals surface area contributed by atoms with E-state index in [2.05, 4.69) is 5.32 Å². The minimum Gasteiger partial charge on any atom is -0.480 e. The zero-order chi connectivity index (χ0) is 14.8. The van der Waals surface area contributed by atoms with Crippen LogP contribution in [-0.4, -0.2) is 22.5 Å². The molecule has 1 aromatic carbocycles. The second-order valence-corrected chi connectivity index (χ2v) is 5.10. The van der Waals surface area contributed by atoms with E-state index in [0.29, 0.717) is 12.8 Å². The number of aliphatic carboxylic acids is 1. The third-order valence-corrected chi connectivity index (χ3v) is 3.53. The van der Waals surface area contributed by atoms with Crippen molar-refractivity contribution in [1.29, 1.82) is 0 Å². The van der Waals surface area contributed by atoms with Crippen molar-refractivity contribution in [1.82, 2.24) is 5.32 Å². The summed E-state index contributed by atoms with van der Waals surface area (Å²) in [5, 5.41) is 11.7. The fraction of sp³-hybridized carbons (Fsp3) is 0.429. The lowest BCUT2D eigenvalue weighted by Gasteiger charge is -2.25. The molecule has 0 heterocycles. The van der Waals surface area contributed by atoms with E-state index in [4.69, 9.17) is 0 Å². The number of benzene rings is 1. The van der Waals surface area contributed by atoms with Gasteiger partial charge in [0.05, 0.1) is 6.42 Å². The average molecular weight is 283 g/mol. The normalized spacial score (nSPS) is 16.9. The average Bonchev–Trinajstić information content (AvgIpc) is 2.76. The molecule has 0 saturated heterocycles. The van der Waals surface area contributed by atoms with E-state index < -0.39 is 29.0 Å². The fourth-order valence-corrected chi connectivity index (χ4v) is 2.58. The third-order valence-electron chi connectivity index (χ3n) is 3.53. The summed E-state index contributed by atoms with van der Waals surface area (Å²) in [5.74, 6) is -3.13. The van der Waals surface area contributed by atoms with Crippen molar-refractivity contribution in [3.63, 3.8) is 0 Å². The van der Waals surface area contributed by atoms with E-state index in [1.54, 1.807) is 0 Å². The first-order chi connectivity index (χ1) is 9.41. The molecule has 2 N–H and O–H groups in total. The Morgan fingerprint density at radius 3 is 2.20 bits per heavy atom. The molecule has 1 aliphatic carbocycles. The van der Waals surface area contributed by atoms with Gasteiger partial charge in [0.25, 0.3) is 0 Å². The molecule has 0 aliphatic heterocycles. The van der Waals surface area contributed by atoms with Crippen molar-refractivity contribution in [2.75, 3.05) is 0 Å². The van der Waals surface area contributed by atoms with Crippen LogP contribution >= 0.6 is 0 Å². The van der Waals surface area contributed by atoms with Gasteiger partial charge in [-0.15, -0.1) is 0 Å². The van der Waals surface area contributed by atoms with Gasteiger partial charge in [-0.1, -0.05) is 12.8 Å². The number of hydrogen-bond acceptors (Lipinski definition) is 2. The van der Waals surface area contributed by atoms with Gasteiger partial charge >= 0.3 is 5.97 Å². The summed E-state index contributed by atoms with van der Waals surface area (Å²) >= 11 is 0. The van der Waals surface area contributed by atoms with Crippen molar-refractivity contribution in [3.8, 4) is 0 Å². The molecule has 0 spiro atoms. The minimum atomic E-state index is -1.23. The van der Waals surface area contributed by atoms with Crippen LogP contribution in [0.2, 0.25) is 0 Å². The predicted octanol–water partition coefficient (Wildman–Crippen LogP) is 2.02. The van der Waals surface area contributed by atoms with Crippen LogP contribution in [0.1, 0.15) is 31.2 Å².